The van der Waals surface area contributed by atoms with Crippen molar-refractivity contribution in [2.75, 3.05) is 11.9 Å². The Morgan fingerprint density at radius 2 is 1.79 bits per heavy atom. The molecule has 0 bridgehead atoms. The van der Waals surface area contributed by atoms with E-state index in [0.717, 1.165) is 24.3 Å². The third-order valence-electron chi connectivity index (χ3n) is 5.53. The number of para-hydroxylation sites is 1. The van der Waals surface area contributed by atoms with Gasteiger partial charge in [-0.05, 0) is 49.7 Å². The molecular weight excluding hydrogens is 449 g/mol. The molecule has 3 rings (SSSR count). The van der Waals surface area contributed by atoms with Crippen molar-refractivity contribution in [2.24, 2.45) is 5.92 Å². The number of anilines is 1. The van der Waals surface area contributed by atoms with Crippen LogP contribution >= 0.6 is 0 Å². The highest BCUT2D eigenvalue weighted by atomic mass is 19.3. The van der Waals surface area contributed by atoms with E-state index in [4.69, 9.17) is 0 Å². The SMILES string of the molecule is CC(CC(=O)N1CC(C(=O)Nc2ccccc2)CC1C#N)NC(=O)C(F)(F)c1ccc(F)cc1. The van der Waals surface area contributed by atoms with Gasteiger partial charge in [0.25, 0.3) is 5.91 Å². The summed E-state index contributed by atoms with van der Waals surface area (Å²) in [6.45, 7) is 1.38. The standard InChI is InChI=1S/C24H23F3N4O3/c1-15(29-23(34)24(26,27)17-7-9-18(25)10-8-17)11-21(32)31-14-16(12-20(31)13-28)22(33)30-19-5-3-2-4-6-19/h2-10,15-16,20H,11-12,14H2,1H3,(H,29,34)(H,30,33). The van der Waals surface area contributed by atoms with Crippen LogP contribution in [0.3, 0.4) is 0 Å². The maximum atomic E-state index is 14.4. The summed E-state index contributed by atoms with van der Waals surface area (Å²) < 4.78 is 41.8. The van der Waals surface area contributed by atoms with E-state index < -0.39 is 47.1 Å². The second kappa shape index (κ2) is 10.4. The molecule has 0 aliphatic carbocycles. The summed E-state index contributed by atoms with van der Waals surface area (Å²) in [6.07, 6.45) is -0.194. The van der Waals surface area contributed by atoms with Gasteiger partial charge in [-0.15, -0.1) is 0 Å². The summed E-state index contributed by atoms with van der Waals surface area (Å²) in [5.74, 6) is -7.75. The summed E-state index contributed by atoms with van der Waals surface area (Å²) in [7, 11) is 0. The molecule has 3 amide bonds. The summed E-state index contributed by atoms with van der Waals surface area (Å²) in [5.41, 5.74) is -0.0921. The Kier molecular flexibility index (Phi) is 7.56. The molecule has 1 saturated heterocycles. The van der Waals surface area contributed by atoms with Gasteiger partial charge >= 0.3 is 5.92 Å². The number of carbonyl (C=O) groups is 3. The van der Waals surface area contributed by atoms with Gasteiger partial charge in [-0.2, -0.15) is 14.0 Å². The van der Waals surface area contributed by atoms with E-state index in [0.29, 0.717) is 5.69 Å². The van der Waals surface area contributed by atoms with Crippen molar-refractivity contribution in [3.8, 4) is 6.07 Å². The lowest BCUT2D eigenvalue weighted by molar-refractivity contribution is -0.148. The molecule has 2 N–H and O–H groups in total. The highest BCUT2D eigenvalue weighted by Gasteiger charge is 2.42. The average molecular weight is 472 g/mol. The molecule has 0 radical (unpaired) electrons. The summed E-state index contributed by atoms with van der Waals surface area (Å²) >= 11 is 0. The molecule has 1 aliphatic heterocycles. The zero-order valence-corrected chi connectivity index (χ0v) is 18.3. The van der Waals surface area contributed by atoms with E-state index in [1.165, 1.54) is 11.8 Å². The molecule has 2 aromatic carbocycles. The Morgan fingerprint density at radius 3 is 2.41 bits per heavy atom. The molecular formula is C24H23F3N4O3. The maximum absolute atomic E-state index is 14.4. The van der Waals surface area contributed by atoms with Gasteiger partial charge in [0.05, 0.1) is 12.0 Å². The second-order valence-electron chi connectivity index (χ2n) is 8.14. The smallest absolute Gasteiger partial charge is 0.348 e. The van der Waals surface area contributed by atoms with Crippen LogP contribution in [0.25, 0.3) is 0 Å². The minimum Gasteiger partial charge on any atom is -0.348 e. The Hall–Kier alpha value is -3.87. The molecule has 178 valence electrons. The molecule has 34 heavy (non-hydrogen) atoms. The normalized spacial score (nSPS) is 18.6. The van der Waals surface area contributed by atoms with Crippen molar-refractivity contribution in [3.05, 3.63) is 66.0 Å². The van der Waals surface area contributed by atoms with E-state index >= 15 is 0 Å². The van der Waals surface area contributed by atoms with Gasteiger partial charge < -0.3 is 15.5 Å². The molecule has 1 fully saturated rings. The first-order valence-corrected chi connectivity index (χ1v) is 10.6. The molecule has 0 saturated carbocycles. The average Bonchev–Trinajstić information content (AvgIpc) is 3.25. The van der Waals surface area contributed by atoms with Crippen molar-refractivity contribution in [1.29, 1.82) is 5.26 Å². The predicted octanol–water partition coefficient (Wildman–Crippen LogP) is 3.19. The molecule has 1 aliphatic rings. The summed E-state index contributed by atoms with van der Waals surface area (Å²) in [5, 5.41) is 14.3. The van der Waals surface area contributed by atoms with Crippen LogP contribution in [0.4, 0.5) is 18.9 Å². The van der Waals surface area contributed by atoms with Crippen LogP contribution in [0, 0.1) is 23.1 Å². The third kappa shape index (κ3) is 5.73. The van der Waals surface area contributed by atoms with Gasteiger partial charge in [-0.1, -0.05) is 18.2 Å². The van der Waals surface area contributed by atoms with E-state index in [1.54, 1.807) is 30.3 Å². The third-order valence-corrected chi connectivity index (χ3v) is 5.53. The Balaban J connectivity index is 1.58. The van der Waals surface area contributed by atoms with Crippen LogP contribution in [0.1, 0.15) is 25.3 Å². The molecule has 0 aromatic heterocycles. The molecule has 2 aromatic rings. The predicted molar refractivity (Wildman–Crippen MR) is 117 cm³/mol. The highest BCUT2D eigenvalue weighted by molar-refractivity contribution is 5.93. The van der Waals surface area contributed by atoms with Crippen molar-refractivity contribution in [1.82, 2.24) is 10.2 Å². The quantitative estimate of drug-likeness (QED) is 0.646. The lowest BCUT2D eigenvalue weighted by atomic mass is 10.1. The number of amides is 3. The minimum absolute atomic E-state index is 0.00212. The van der Waals surface area contributed by atoms with Crippen LogP contribution in [-0.4, -0.2) is 41.2 Å². The fourth-order valence-electron chi connectivity index (χ4n) is 3.72. The first-order valence-electron chi connectivity index (χ1n) is 10.6. The van der Waals surface area contributed by atoms with E-state index in [1.807, 2.05) is 6.07 Å². The number of hydrogen-bond donors (Lipinski definition) is 2. The number of nitrogens with zero attached hydrogens (tertiary/aromatic N) is 2. The van der Waals surface area contributed by atoms with Crippen molar-refractivity contribution in [3.63, 3.8) is 0 Å². The number of carbonyl (C=O) groups excluding carboxylic acids is 3. The molecule has 0 spiro atoms. The van der Waals surface area contributed by atoms with Gasteiger partial charge in [0.15, 0.2) is 0 Å². The number of likely N-dealkylation sites (tertiary alicyclic amines) is 1. The lowest BCUT2D eigenvalue weighted by Gasteiger charge is -2.24. The number of nitriles is 1. The fourth-order valence-corrected chi connectivity index (χ4v) is 3.72. The van der Waals surface area contributed by atoms with Crippen LogP contribution in [0.15, 0.2) is 54.6 Å². The number of benzene rings is 2. The van der Waals surface area contributed by atoms with Gasteiger partial charge in [0, 0.05) is 30.3 Å². The molecule has 10 heteroatoms. The maximum Gasteiger partial charge on any atom is 0.349 e. The van der Waals surface area contributed by atoms with Crippen molar-refractivity contribution < 1.29 is 27.6 Å². The first-order chi connectivity index (χ1) is 16.1. The largest absolute Gasteiger partial charge is 0.349 e. The Labute approximate surface area is 194 Å². The lowest BCUT2D eigenvalue weighted by Crippen LogP contribution is -2.45. The number of rotatable bonds is 7. The monoisotopic (exact) mass is 472 g/mol. The van der Waals surface area contributed by atoms with Crippen LogP contribution in [0.5, 0.6) is 0 Å². The summed E-state index contributed by atoms with van der Waals surface area (Å²) in [6, 6.07) is 12.2. The van der Waals surface area contributed by atoms with Gasteiger partial charge in [-0.25, -0.2) is 4.39 Å². The number of alkyl halides is 2. The molecule has 1 heterocycles. The van der Waals surface area contributed by atoms with Gasteiger partial charge in [-0.3, -0.25) is 14.4 Å². The zero-order valence-electron chi connectivity index (χ0n) is 18.3. The fraction of sp³-hybridized carbons (Fsp3) is 0.333. The van der Waals surface area contributed by atoms with Crippen LogP contribution in [0.2, 0.25) is 0 Å². The Morgan fingerprint density at radius 1 is 1.15 bits per heavy atom. The van der Waals surface area contributed by atoms with Crippen molar-refractivity contribution >= 4 is 23.4 Å². The molecule has 3 unspecified atom stereocenters. The van der Waals surface area contributed by atoms with Gasteiger partial charge in [0.2, 0.25) is 11.8 Å². The molecule has 3 atom stereocenters. The van der Waals surface area contributed by atoms with E-state index in [2.05, 4.69) is 10.6 Å². The van der Waals surface area contributed by atoms with E-state index in [-0.39, 0.29) is 25.3 Å². The minimum atomic E-state index is -3.92. The van der Waals surface area contributed by atoms with Gasteiger partial charge in [0.1, 0.15) is 11.9 Å². The number of hydrogen-bond acceptors (Lipinski definition) is 4. The number of nitrogens with one attached hydrogen (secondary N) is 2. The Bertz CT molecular complexity index is 1090. The summed E-state index contributed by atoms with van der Waals surface area (Å²) in [4.78, 5) is 38.7. The van der Waals surface area contributed by atoms with Crippen LogP contribution < -0.4 is 10.6 Å². The van der Waals surface area contributed by atoms with Crippen molar-refractivity contribution in [2.45, 2.75) is 37.8 Å². The first kappa shape index (κ1) is 24.8. The molecule has 7 nitrogen and oxygen atoms in total. The van der Waals surface area contributed by atoms with E-state index in [9.17, 15) is 32.8 Å². The second-order valence-corrected chi connectivity index (χ2v) is 8.14. The highest BCUT2D eigenvalue weighted by Crippen LogP contribution is 2.29. The topological polar surface area (TPSA) is 102 Å². The number of halogens is 3. The zero-order chi connectivity index (χ0) is 24.9. The van der Waals surface area contributed by atoms with Crippen LogP contribution in [-0.2, 0) is 20.3 Å².